The van der Waals surface area contributed by atoms with Gasteiger partial charge < -0.3 is 5.73 Å². The molecule has 0 atom stereocenters. The van der Waals surface area contributed by atoms with E-state index in [1.54, 1.807) is 23.7 Å². The summed E-state index contributed by atoms with van der Waals surface area (Å²) in [7, 11) is 0. The van der Waals surface area contributed by atoms with Crippen LogP contribution >= 0.6 is 11.3 Å². The third-order valence-electron chi connectivity index (χ3n) is 2.83. The first kappa shape index (κ1) is 12.0. The molecule has 0 aliphatic rings. The number of benzene rings is 1. The number of hydrogen-bond acceptors (Lipinski definition) is 5. The average Bonchev–Trinajstić information content (AvgIpc) is 2.95. The van der Waals surface area contributed by atoms with Crippen LogP contribution in [0.3, 0.4) is 0 Å². The van der Waals surface area contributed by atoms with Gasteiger partial charge in [0.1, 0.15) is 10.7 Å². The molecule has 0 bridgehead atoms. The Bertz CT molecular complexity index is 751. The maximum absolute atomic E-state index is 12.3. The zero-order chi connectivity index (χ0) is 13.2. The van der Waals surface area contributed by atoms with Crippen LogP contribution in [0.15, 0.2) is 41.9 Å². The summed E-state index contributed by atoms with van der Waals surface area (Å²) in [5, 5.41) is 3.52. The van der Waals surface area contributed by atoms with E-state index < -0.39 is 0 Å². The largest absolute Gasteiger partial charge is 0.325 e. The van der Waals surface area contributed by atoms with E-state index in [1.807, 2.05) is 18.2 Å². The van der Waals surface area contributed by atoms with Gasteiger partial charge in [-0.2, -0.15) is 0 Å². The first-order chi connectivity index (χ1) is 9.28. The van der Waals surface area contributed by atoms with Gasteiger partial charge in [-0.1, -0.05) is 18.2 Å². The molecular formula is C14H11N3OS. The van der Waals surface area contributed by atoms with Crippen LogP contribution in [0.2, 0.25) is 0 Å². The number of carbonyl (C=O) groups excluding carboxylic acids is 1. The highest BCUT2D eigenvalue weighted by Crippen LogP contribution is 2.17. The Labute approximate surface area is 113 Å². The van der Waals surface area contributed by atoms with Crippen LogP contribution in [0.5, 0.6) is 0 Å². The molecule has 2 aromatic heterocycles. The molecule has 0 fully saturated rings. The average molecular weight is 269 g/mol. The lowest BCUT2D eigenvalue weighted by molar-refractivity contribution is 0.103. The van der Waals surface area contributed by atoms with Crippen LogP contribution in [0.25, 0.3) is 10.9 Å². The SMILES string of the molecule is NCc1nc(C(=O)c2ccc3cccnc3c2)cs1. The summed E-state index contributed by atoms with van der Waals surface area (Å²) >= 11 is 1.40. The van der Waals surface area contributed by atoms with Gasteiger partial charge in [-0.15, -0.1) is 11.3 Å². The molecule has 3 aromatic rings. The molecule has 3 rings (SSSR count). The fourth-order valence-corrected chi connectivity index (χ4v) is 2.52. The molecule has 0 aliphatic heterocycles. The van der Waals surface area contributed by atoms with Crippen LogP contribution in [-0.2, 0) is 6.54 Å². The molecule has 94 valence electrons. The standard InChI is InChI=1S/C14H11N3OS/c15-7-13-17-12(8-19-13)14(18)10-4-3-9-2-1-5-16-11(9)6-10/h1-6,8H,7,15H2. The predicted molar refractivity (Wildman–Crippen MR) is 75.2 cm³/mol. The molecule has 19 heavy (non-hydrogen) atoms. The van der Waals surface area contributed by atoms with Gasteiger partial charge in [0, 0.05) is 29.1 Å². The summed E-state index contributed by atoms with van der Waals surface area (Å²) in [5.74, 6) is -0.0940. The number of nitrogens with zero attached hydrogens (tertiary/aromatic N) is 2. The van der Waals surface area contributed by atoms with Crippen molar-refractivity contribution in [3.63, 3.8) is 0 Å². The minimum Gasteiger partial charge on any atom is -0.325 e. The summed E-state index contributed by atoms with van der Waals surface area (Å²) < 4.78 is 0. The van der Waals surface area contributed by atoms with E-state index in [0.717, 1.165) is 15.9 Å². The summed E-state index contributed by atoms with van der Waals surface area (Å²) in [6, 6.07) is 9.32. The van der Waals surface area contributed by atoms with Gasteiger partial charge in [-0.25, -0.2) is 4.98 Å². The molecule has 0 amide bonds. The second-order valence-electron chi connectivity index (χ2n) is 4.07. The number of pyridine rings is 1. The Morgan fingerprint density at radius 1 is 1.32 bits per heavy atom. The minimum atomic E-state index is -0.0940. The van der Waals surface area contributed by atoms with Gasteiger partial charge in [-0.05, 0) is 12.1 Å². The van der Waals surface area contributed by atoms with Crippen LogP contribution in [0, 0.1) is 0 Å². The third kappa shape index (κ3) is 2.25. The zero-order valence-corrected chi connectivity index (χ0v) is 10.9. The highest BCUT2D eigenvalue weighted by atomic mass is 32.1. The quantitative estimate of drug-likeness (QED) is 0.741. The van der Waals surface area contributed by atoms with Gasteiger partial charge in [0.15, 0.2) is 0 Å². The maximum atomic E-state index is 12.3. The van der Waals surface area contributed by atoms with Crippen molar-refractivity contribution in [2.24, 2.45) is 5.73 Å². The topological polar surface area (TPSA) is 68.9 Å². The Kier molecular flexibility index (Phi) is 3.06. The number of fused-ring (bicyclic) bond motifs is 1. The van der Waals surface area contributed by atoms with Crippen molar-refractivity contribution in [3.05, 3.63) is 58.2 Å². The Morgan fingerprint density at radius 3 is 3.00 bits per heavy atom. The second-order valence-corrected chi connectivity index (χ2v) is 5.01. The van der Waals surface area contributed by atoms with Crippen molar-refractivity contribution in [3.8, 4) is 0 Å². The van der Waals surface area contributed by atoms with Gasteiger partial charge in [-0.3, -0.25) is 9.78 Å². The molecular weight excluding hydrogens is 258 g/mol. The molecule has 4 nitrogen and oxygen atoms in total. The lowest BCUT2D eigenvalue weighted by Gasteiger charge is -2.00. The van der Waals surface area contributed by atoms with Crippen molar-refractivity contribution in [1.29, 1.82) is 0 Å². The van der Waals surface area contributed by atoms with E-state index in [-0.39, 0.29) is 5.78 Å². The first-order valence-electron chi connectivity index (χ1n) is 5.82. The Hall–Kier alpha value is -2.11. The minimum absolute atomic E-state index is 0.0940. The molecule has 0 unspecified atom stereocenters. The summed E-state index contributed by atoms with van der Waals surface area (Å²) in [6.07, 6.45) is 1.71. The van der Waals surface area contributed by atoms with Crippen molar-refractivity contribution in [1.82, 2.24) is 9.97 Å². The van der Waals surface area contributed by atoms with Crippen LogP contribution in [0.1, 0.15) is 21.1 Å². The molecule has 2 heterocycles. The van der Waals surface area contributed by atoms with Crippen molar-refractivity contribution >= 4 is 28.0 Å². The number of hydrogen-bond donors (Lipinski definition) is 1. The highest BCUT2D eigenvalue weighted by molar-refractivity contribution is 7.09. The van der Waals surface area contributed by atoms with Gasteiger partial charge in [0.25, 0.3) is 0 Å². The number of rotatable bonds is 3. The normalized spacial score (nSPS) is 10.8. The monoisotopic (exact) mass is 269 g/mol. The number of nitrogens with two attached hydrogens (primary N) is 1. The number of aromatic nitrogens is 2. The Balaban J connectivity index is 2.01. The Morgan fingerprint density at radius 2 is 2.21 bits per heavy atom. The second kappa shape index (κ2) is 4.87. The van der Waals surface area contributed by atoms with E-state index in [4.69, 9.17) is 5.73 Å². The summed E-state index contributed by atoms with van der Waals surface area (Å²) in [6.45, 7) is 0.358. The van der Waals surface area contributed by atoms with Gasteiger partial charge >= 0.3 is 0 Å². The zero-order valence-electron chi connectivity index (χ0n) is 10.0. The van der Waals surface area contributed by atoms with Crippen LogP contribution < -0.4 is 5.73 Å². The smallest absolute Gasteiger partial charge is 0.212 e. The molecule has 2 N–H and O–H groups in total. The third-order valence-corrected chi connectivity index (χ3v) is 3.70. The van der Waals surface area contributed by atoms with Crippen LogP contribution in [-0.4, -0.2) is 15.8 Å². The first-order valence-corrected chi connectivity index (χ1v) is 6.70. The maximum Gasteiger partial charge on any atom is 0.212 e. The van der Waals surface area contributed by atoms with E-state index in [2.05, 4.69) is 9.97 Å². The van der Waals surface area contributed by atoms with E-state index in [0.29, 0.717) is 17.8 Å². The fraction of sp³-hybridized carbons (Fsp3) is 0.0714. The predicted octanol–water partition coefficient (Wildman–Crippen LogP) is 2.38. The molecule has 1 aromatic carbocycles. The van der Waals surface area contributed by atoms with Crippen LogP contribution in [0.4, 0.5) is 0 Å². The van der Waals surface area contributed by atoms with E-state index >= 15 is 0 Å². The lowest BCUT2D eigenvalue weighted by atomic mass is 10.1. The molecule has 0 aliphatic carbocycles. The summed E-state index contributed by atoms with van der Waals surface area (Å²) in [4.78, 5) is 20.8. The van der Waals surface area contributed by atoms with Gasteiger partial charge in [0.05, 0.1) is 5.52 Å². The highest BCUT2D eigenvalue weighted by Gasteiger charge is 2.13. The van der Waals surface area contributed by atoms with Crippen molar-refractivity contribution in [2.45, 2.75) is 6.54 Å². The molecule has 0 saturated heterocycles. The number of ketones is 1. The fourth-order valence-electron chi connectivity index (χ4n) is 1.86. The van der Waals surface area contributed by atoms with Crippen molar-refractivity contribution in [2.75, 3.05) is 0 Å². The number of thiazole rings is 1. The molecule has 0 spiro atoms. The van der Waals surface area contributed by atoms with Gasteiger partial charge in [0.2, 0.25) is 5.78 Å². The molecule has 5 heteroatoms. The summed E-state index contributed by atoms with van der Waals surface area (Å²) in [5.41, 5.74) is 7.35. The van der Waals surface area contributed by atoms with E-state index in [9.17, 15) is 4.79 Å². The molecule has 0 saturated carbocycles. The van der Waals surface area contributed by atoms with E-state index in [1.165, 1.54) is 11.3 Å². The lowest BCUT2D eigenvalue weighted by Crippen LogP contribution is -2.03. The molecule has 0 radical (unpaired) electrons. The number of carbonyl (C=O) groups is 1. The van der Waals surface area contributed by atoms with Crippen molar-refractivity contribution < 1.29 is 4.79 Å².